The number of aromatic nitrogens is 1. The summed E-state index contributed by atoms with van der Waals surface area (Å²) in [4.78, 5) is 4.21. The Bertz CT molecular complexity index is 263. The Labute approximate surface area is 88.5 Å². The average Bonchev–Trinajstić information content (AvgIpc) is 2.77. The molecule has 3 nitrogen and oxygen atoms in total. The van der Waals surface area contributed by atoms with Crippen LogP contribution in [0, 0.1) is 0 Å². The van der Waals surface area contributed by atoms with Crippen LogP contribution in [0.2, 0.25) is 0 Å². The van der Waals surface area contributed by atoms with Crippen LogP contribution in [0.15, 0.2) is 10.9 Å². The maximum absolute atomic E-state index is 5.70. The molecule has 1 aromatic rings. The van der Waals surface area contributed by atoms with Crippen molar-refractivity contribution in [3.63, 3.8) is 0 Å². The molecule has 1 aliphatic heterocycles. The number of ether oxygens (including phenoxy) is 1. The van der Waals surface area contributed by atoms with Gasteiger partial charge in [-0.25, -0.2) is 4.98 Å². The summed E-state index contributed by atoms with van der Waals surface area (Å²) < 4.78 is 5.70. The van der Waals surface area contributed by atoms with Gasteiger partial charge in [0.2, 0.25) is 0 Å². The minimum absolute atomic E-state index is 0.406. The van der Waals surface area contributed by atoms with Crippen LogP contribution in [0.4, 0.5) is 0 Å². The highest BCUT2D eigenvalue weighted by Crippen LogP contribution is 2.18. The van der Waals surface area contributed by atoms with Crippen molar-refractivity contribution in [1.29, 1.82) is 0 Å². The Morgan fingerprint density at radius 1 is 1.64 bits per heavy atom. The predicted octanol–water partition coefficient (Wildman–Crippen LogP) is 1.80. The topological polar surface area (TPSA) is 34.2 Å². The number of hydrogen-bond donors (Lipinski definition) is 1. The summed E-state index contributed by atoms with van der Waals surface area (Å²) in [6, 6.07) is 0. The Morgan fingerprint density at radius 2 is 2.57 bits per heavy atom. The largest absolute Gasteiger partial charge is 0.374 e. The van der Waals surface area contributed by atoms with Crippen molar-refractivity contribution in [3.8, 4) is 0 Å². The first-order valence-corrected chi connectivity index (χ1v) is 6.02. The van der Waals surface area contributed by atoms with Gasteiger partial charge in [-0.1, -0.05) is 0 Å². The van der Waals surface area contributed by atoms with Gasteiger partial charge < -0.3 is 10.1 Å². The first-order valence-electron chi connectivity index (χ1n) is 5.08. The third-order valence-electron chi connectivity index (χ3n) is 2.48. The van der Waals surface area contributed by atoms with Gasteiger partial charge in [-0.15, -0.1) is 11.3 Å². The van der Waals surface area contributed by atoms with E-state index in [1.54, 1.807) is 11.3 Å². The predicted molar refractivity (Wildman–Crippen MR) is 57.4 cm³/mol. The maximum Gasteiger partial charge on any atom is 0.0795 e. The molecule has 1 N–H and O–H groups in total. The second-order valence-corrected chi connectivity index (χ2v) is 4.48. The summed E-state index contributed by atoms with van der Waals surface area (Å²) in [6.07, 6.45) is 3.23. The van der Waals surface area contributed by atoms with Gasteiger partial charge in [-0.2, -0.15) is 0 Å². The lowest BCUT2D eigenvalue weighted by molar-refractivity contribution is 0.0558. The van der Waals surface area contributed by atoms with Crippen LogP contribution in [-0.4, -0.2) is 23.7 Å². The molecule has 0 aliphatic carbocycles. The zero-order valence-corrected chi connectivity index (χ0v) is 9.22. The number of nitrogens with one attached hydrogen (secondary N) is 1. The van der Waals surface area contributed by atoms with E-state index in [1.807, 2.05) is 5.51 Å². The lowest BCUT2D eigenvalue weighted by Crippen LogP contribution is -2.26. The molecule has 2 unspecified atom stereocenters. The fraction of sp³-hybridized carbons (Fsp3) is 0.700. The number of hydrogen-bond acceptors (Lipinski definition) is 4. The molecule has 2 rings (SSSR count). The molecular formula is C10H16N2OS. The molecule has 1 saturated heterocycles. The van der Waals surface area contributed by atoms with E-state index in [0.29, 0.717) is 12.2 Å². The second-order valence-electron chi connectivity index (χ2n) is 3.76. The van der Waals surface area contributed by atoms with Crippen molar-refractivity contribution < 1.29 is 4.74 Å². The molecule has 0 spiro atoms. The van der Waals surface area contributed by atoms with Crippen LogP contribution in [0.1, 0.15) is 25.5 Å². The fourth-order valence-electron chi connectivity index (χ4n) is 1.72. The van der Waals surface area contributed by atoms with Crippen molar-refractivity contribution in [2.75, 3.05) is 6.54 Å². The van der Waals surface area contributed by atoms with Gasteiger partial charge in [0, 0.05) is 18.5 Å². The standard InChI is InChI=1S/C10H16N2OS/c1-8-2-3-10(13-8)5-11-4-9-6-14-7-12-9/h6-8,10-11H,2-5H2,1H3. The summed E-state index contributed by atoms with van der Waals surface area (Å²) >= 11 is 1.64. The van der Waals surface area contributed by atoms with Gasteiger partial charge >= 0.3 is 0 Å². The summed E-state index contributed by atoms with van der Waals surface area (Å²) in [6.45, 7) is 3.94. The van der Waals surface area contributed by atoms with Gasteiger partial charge in [0.1, 0.15) is 0 Å². The highest BCUT2D eigenvalue weighted by molar-refractivity contribution is 7.07. The molecule has 1 aliphatic rings. The number of thiazole rings is 1. The molecule has 0 radical (unpaired) electrons. The van der Waals surface area contributed by atoms with Gasteiger partial charge in [-0.3, -0.25) is 0 Å². The molecule has 2 atom stereocenters. The molecule has 14 heavy (non-hydrogen) atoms. The van der Waals surface area contributed by atoms with E-state index in [9.17, 15) is 0 Å². The Hall–Kier alpha value is -0.450. The molecule has 0 bridgehead atoms. The summed E-state index contributed by atoms with van der Waals surface area (Å²) in [5, 5.41) is 5.44. The van der Waals surface area contributed by atoms with Crippen molar-refractivity contribution >= 4 is 11.3 Å². The smallest absolute Gasteiger partial charge is 0.0795 e. The highest BCUT2D eigenvalue weighted by Gasteiger charge is 2.20. The first-order chi connectivity index (χ1) is 6.84. The maximum atomic E-state index is 5.70. The molecule has 2 heterocycles. The molecule has 78 valence electrons. The van der Waals surface area contributed by atoms with Crippen molar-refractivity contribution in [3.05, 3.63) is 16.6 Å². The molecule has 0 saturated carbocycles. The summed E-state index contributed by atoms with van der Waals surface area (Å²) in [5.74, 6) is 0. The van der Waals surface area contributed by atoms with E-state index in [-0.39, 0.29) is 0 Å². The monoisotopic (exact) mass is 212 g/mol. The van der Waals surface area contributed by atoms with E-state index >= 15 is 0 Å². The lowest BCUT2D eigenvalue weighted by atomic mass is 10.2. The number of rotatable bonds is 4. The van der Waals surface area contributed by atoms with E-state index in [2.05, 4.69) is 22.6 Å². The third-order valence-corrected chi connectivity index (χ3v) is 3.12. The SMILES string of the molecule is CC1CCC(CNCc2cscn2)O1. The minimum atomic E-state index is 0.406. The van der Waals surface area contributed by atoms with Gasteiger partial charge in [0.25, 0.3) is 0 Å². The Balaban J connectivity index is 1.64. The molecule has 0 aromatic carbocycles. The Kier molecular flexibility index (Phi) is 3.50. The van der Waals surface area contributed by atoms with Crippen molar-refractivity contribution in [1.82, 2.24) is 10.3 Å². The van der Waals surface area contributed by atoms with Crippen molar-refractivity contribution in [2.45, 2.75) is 38.5 Å². The number of nitrogens with zero attached hydrogens (tertiary/aromatic N) is 1. The van der Waals surface area contributed by atoms with Crippen LogP contribution >= 0.6 is 11.3 Å². The fourth-order valence-corrected chi connectivity index (χ4v) is 2.28. The van der Waals surface area contributed by atoms with E-state index in [1.165, 1.54) is 12.8 Å². The zero-order chi connectivity index (χ0) is 9.80. The normalized spacial score (nSPS) is 26.9. The molecular weight excluding hydrogens is 196 g/mol. The highest BCUT2D eigenvalue weighted by atomic mass is 32.1. The van der Waals surface area contributed by atoms with E-state index in [0.717, 1.165) is 18.8 Å². The lowest BCUT2D eigenvalue weighted by Gasteiger charge is -2.11. The molecule has 1 fully saturated rings. The minimum Gasteiger partial charge on any atom is -0.374 e. The second kappa shape index (κ2) is 4.87. The van der Waals surface area contributed by atoms with Gasteiger partial charge in [0.15, 0.2) is 0 Å². The van der Waals surface area contributed by atoms with Crippen LogP contribution in [-0.2, 0) is 11.3 Å². The van der Waals surface area contributed by atoms with Crippen LogP contribution in [0.3, 0.4) is 0 Å². The summed E-state index contributed by atoms with van der Waals surface area (Å²) in [5.41, 5.74) is 2.99. The van der Waals surface area contributed by atoms with Crippen LogP contribution in [0.5, 0.6) is 0 Å². The summed E-state index contributed by atoms with van der Waals surface area (Å²) in [7, 11) is 0. The van der Waals surface area contributed by atoms with E-state index < -0.39 is 0 Å². The van der Waals surface area contributed by atoms with Gasteiger partial charge in [-0.05, 0) is 19.8 Å². The molecule has 4 heteroatoms. The Morgan fingerprint density at radius 3 is 3.21 bits per heavy atom. The van der Waals surface area contributed by atoms with Crippen LogP contribution < -0.4 is 5.32 Å². The van der Waals surface area contributed by atoms with Crippen LogP contribution in [0.25, 0.3) is 0 Å². The quantitative estimate of drug-likeness (QED) is 0.826. The van der Waals surface area contributed by atoms with E-state index in [4.69, 9.17) is 4.74 Å². The van der Waals surface area contributed by atoms with Gasteiger partial charge in [0.05, 0.1) is 23.4 Å². The third kappa shape index (κ3) is 2.77. The van der Waals surface area contributed by atoms with Crippen molar-refractivity contribution in [2.24, 2.45) is 0 Å². The first kappa shape index (κ1) is 10.1. The molecule has 0 amide bonds. The molecule has 1 aromatic heterocycles. The zero-order valence-electron chi connectivity index (χ0n) is 8.40. The average molecular weight is 212 g/mol.